The molecule has 124 valence electrons. The Bertz CT molecular complexity index is 620. The Kier molecular flexibility index (Phi) is 6.60. The van der Waals surface area contributed by atoms with Gasteiger partial charge in [-0.15, -0.1) is 0 Å². The molecule has 0 aliphatic rings. The van der Waals surface area contributed by atoms with Crippen molar-refractivity contribution < 1.29 is 38.8 Å². The van der Waals surface area contributed by atoms with E-state index in [4.69, 9.17) is 19.7 Å². The fourth-order valence-electron chi connectivity index (χ4n) is 1.64. The van der Waals surface area contributed by atoms with Gasteiger partial charge < -0.3 is 24.4 Å². The third kappa shape index (κ3) is 5.70. The molecule has 0 fully saturated rings. The zero-order chi connectivity index (χ0) is 17.4. The van der Waals surface area contributed by atoms with Crippen LogP contribution in [0.25, 0.3) is 6.08 Å². The molecule has 8 heteroatoms. The van der Waals surface area contributed by atoms with Gasteiger partial charge in [-0.3, -0.25) is 4.79 Å². The first kappa shape index (κ1) is 18.0. The molecule has 0 radical (unpaired) electrons. The van der Waals surface area contributed by atoms with Gasteiger partial charge >= 0.3 is 17.9 Å². The molecule has 1 aromatic carbocycles. The molecule has 1 atom stereocenters. The van der Waals surface area contributed by atoms with E-state index < -0.39 is 30.4 Å². The summed E-state index contributed by atoms with van der Waals surface area (Å²) in [6, 6.07) is 4.89. The number of rotatable bonds is 8. The van der Waals surface area contributed by atoms with Crippen molar-refractivity contribution in [3.8, 4) is 11.5 Å². The molecule has 8 nitrogen and oxygen atoms in total. The highest BCUT2D eigenvalue weighted by atomic mass is 16.6. The van der Waals surface area contributed by atoms with Gasteiger partial charge in [0.15, 0.2) is 11.5 Å². The van der Waals surface area contributed by atoms with Crippen molar-refractivity contribution in [1.29, 1.82) is 0 Å². The second kappa shape index (κ2) is 8.42. The van der Waals surface area contributed by atoms with Gasteiger partial charge in [0.25, 0.3) is 0 Å². The van der Waals surface area contributed by atoms with Crippen molar-refractivity contribution in [1.82, 2.24) is 0 Å². The Labute approximate surface area is 131 Å². The molecule has 23 heavy (non-hydrogen) atoms. The normalized spacial score (nSPS) is 11.7. The number of carboxylic acid groups (broad SMARTS) is 2. The Morgan fingerprint density at radius 2 is 1.78 bits per heavy atom. The van der Waals surface area contributed by atoms with Gasteiger partial charge in [-0.25, -0.2) is 9.59 Å². The Balaban J connectivity index is 2.78. The van der Waals surface area contributed by atoms with Crippen molar-refractivity contribution in [2.75, 3.05) is 14.2 Å². The average Bonchev–Trinajstić information content (AvgIpc) is 2.51. The molecular weight excluding hydrogens is 308 g/mol. The van der Waals surface area contributed by atoms with Gasteiger partial charge in [0.05, 0.1) is 20.6 Å². The van der Waals surface area contributed by atoms with Gasteiger partial charge in [0.2, 0.25) is 6.10 Å². The number of esters is 1. The first-order chi connectivity index (χ1) is 10.9. The number of benzene rings is 1. The maximum absolute atomic E-state index is 11.6. The van der Waals surface area contributed by atoms with Crippen molar-refractivity contribution in [3.05, 3.63) is 29.8 Å². The third-order valence-electron chi connectivity index (χ3n) is 2.71. The summed E-state index contributed by atoms with van der Waals surface area (Å²) in [5, 5.41) is 17.3. The molecule has 0 aliphatic heterocycles. The van der Waals surface area contributed by atoms with Gasteiger partial charge in [0, 0.05) is 6.08 Å². The van der Waals surface area contributed by atoms with Crippen LogP contribution in [0, 0.1) is 0 Å². The summed E-state index contributed by atoms with van der Waals surface area (Å²) in [6.07, 6.45) is -0.177. The van der Waals surface area contributed by atoms with Crippen molar-refractivity contribution >= 4 is 24.0 Å². The second-order valence-corrected chi connectivity index (χ2v) is 4.31. The van der Waals surface area contributed by atoms with Gasteiger partial charge in [-0.1, -0.05) is 6.07 Å². The number of carboxylic acids is 2. The van der Waals surface area contributed by atoms with Crippen LogP contribution < -0.4 is 9.47 Å². The predicted octanol–water partition coefficient (Wildman–Crippen LogP) is 1.19. The lowest BCUT2D eigenvalue weighted by molar-refractivity contribution is -0.164. The fourth-order valence-corrected chi connectivity index (χ4v) is 1.64. The minimum Gasteiger partial charge on any atom is -0.493 e. The van der Waals surface area contributed by atoms with Crippen LogP contribution in [-0.4, -0.2) is 48.4 Å². The topological polar surface area (TPSA) is 119 Å². The molecule has 0 aromatic heterocycles. The number of carbonyl (C=O) groups is 3. The van der Waals surface area contributed by atoms with Gasteiger partial charge in [0.1, 0.15) is 0 Å². The second-order valence-electron chi connectivity index (χ2n) is 4.31. The van der Waals surface area contributed by atoms with Crippen LogP contribution in [0.1, 0.15) is 12.0 Å². The van der Waals surface area contributed by atoms with E-state index in [0.29, 0.717) is 17.1 Å². The summed E-state index contributed by atoms with van der Waals surface area (Å²) in [7, 11) is 2.95. The largest absolute Gasteiger partial charge is 0.493 e. The third-order valence-corrected chi connectivity index (χ3v) is 2.71. The molecule has 1 rings (SSSR count). The number of ether oxygens (including phenoxy) is 3. The standard InChI is InChI=1S/C15H16O8/c1-21-10-5-3-9(7-11(10)22-2)4-6-14(18)23-12(15(19)20)8-13(16)17/h3-7,12H,8H2,1-2H3,(H,16,17)(H,19,20). The van der Waals surface area contributed by atoms with Crippen LogP contribution in [0.2, 0.25) is 0 Å². The van der Waals surface area contributed by atoms with E-state index >= 15 is 0 Å². The average molecular weight is 324 g/mol. The van der Waals surface area contributed by atoms with E-state index in [0.717, 1.165) is 6.08 Å². The maximum atomic E-state index is 11.6. The summed E-state index contributed by atoms with van der Waals surface area (Å²) in [5.41, 5.74) is 0.588. The molecule has 1 unspecified atom stereocenters. The molecule has 0 spiro atoms. The monoisotopic (exact) mass is 324 g/mol. The molecule has 0 saturated carbocycles. The van der Waals surface area contributed by atoms with E-state index in [1.807, 2.05) is 0 Å². The zero-order valence-corrected chi connectivity index (χ0v) is 12.5. The van der Waals surface area contributed by atoms with Crippen molar-refractivity contribution in [2.45, 2.75) is 12.5 Å². The van der Waals surface area contributed by atoms with Crippen molar-refractivity contribution in [3.63, 3.8) is 0 Å². The molecule has 2 N–H and O–H groups in total. The minimum absolute atomic E-state index is 0.456. The lowest BCUT2D eigenvalue weighted by atomic mass is 10.2. The molecule has 0 bridgehead atoms. The predicted molar refractivity (Wildman–Crippen MR) is 78.3 cm³/mol. The smallest absolute Gasteiger partial charge is 0.345 e. The van der Waals surface area contributed by atoms with E-state index in [1.165, 1.54) is 20.3 Å². The highest BCUT2D eigenvalue weighted by Crippen LogP contribution is 2.27. The highest BCUT2D eigenvalue weighted by molar-refractivity contribution is 5.90. The van der Waals surface area contributed by atoms with Gasteiger partial charge in [-0.2, -0.15) is 0 Å². The lowest BCUT2D eigenvalue weighted by Gasteiger charge is -2.10. The van der Waals surface area contributed by atoms with Crippen LogP contribution >= 0.6 is 0 Å². The molecule has 0 heterocycles. The molecule has 0 amide bonds. The fraction of sp³-hybridized carbons (Fsp3) is 0.267. The highest BCUT2D eigenvalue weighted by Gasteiger charge is 2.24. The Morgan fingerprint density at radius 1 is 1.13 bits per heavy atom. The number of carbonyl (C=O) groups excluding carboxylic acids is 1. The van der Waals surface area contributed by atoms with E-state index in [1.54, 1.807) is 18.2 Å². The van der Waals surface area contributed by atoms with Crippen molar-refractivity contribution in [2.24, 2.45) is 0 Å². The molecule has 1 aromatic rings. The van der Waals surface area contributed by atoms with Crippen LogP contribution in [0.5, 0.6) is 11.5 Å². The summed E-state index contributed by atoms with van der Waals surface area (Å²) in [4.78, 5) is 32.9. The SMILES string of the molecule is COc1ccc(C=CC(=O)OC(CC(=O)O)C(=O)O)cc1OC. The Morgan fingerprint density at radius 3 is 2.30 bits per heavy atom. The summed E-state index contributed by atoms with van der Waals surface area (Å²) >= 11 is 0. The molecule has 0 aliphatic carbocycles. The minimum atomic E-state index is -1.74. The van der Waals surface area contributed by atoms with E-state index in [-0.39, 0.29) is 0 Å². The lowest BCUT2D eigenvalue weighted by Crippen LogP contribution is -2.28. The van der Waals surface area contributed by atoms with Gasteiger partial charge in [-0.05, 0) is 23.8 Å². The summed E-state index contributed by atoms with van der Waals surface area (Å²) in [5.74, 6) is -2.90. The molecule has 0 saturated heterocycles. The quantitative estimate of drug-likeness (QED) is 0.540. The maximum Gasteiger partial charge on any atom is 0.345 e. The summed E-state index contributed by atoms with van der Waals surface area (Å²) in [6.45, 7) is 0. The van der Waals surface area contributed by atoms with Crippen LogP contribution in [0.3, 0.4) is 0 Å². The van der Waals surface area contributed by atoms with E-state index in [2.05, 4.69) is 4.74 Å². The number of hydrogen-bond donors (Lipinski definition) is 2. The van der Waals surface area contributed by atoms with Crippen LogP contribution in [0.15, 0.2) is 24.3 Å². The Hall–Kier alpha value is -3.03. The number of hydrogen-bond acceptors (Lipinski definition) is 6. The molecular formula is C15H16O8. The first-order valence-electron chi connectivity index (χ1n) is 6.42. The zero-order valence-electron chi connectivity index (χ0n) is 12.5. The van der Waals surface area contributed by atoms with Crippen LogP contribution in [-0.2, 0) is 19.1 Å². The number of methoxy groups -OCH3 is 2. The van der Waals surface area contributed by atoms with Crippen LogP contribution in [0.4, 0.5) is 0 Å². The first-order valence-corrected chi connectivity index (χ1v) is 6.42. The van der Waals surface area contributed by atoms with E-state index in [9.17, 15) is 14.4 Å². The number of aliphatic carboxylic acids is 2. The summed E-state index contributed by atoms with van der Waals surface area (Å²) < 4.78 is 14.8.